The van der Waals surface area contributed by atoms with Crippen LogP contribution in [0.4, 0.5) is 5.69 Å². The Labute approximate surface area is 137 Å². The fourth-order valence-electron chi connectivity index (χ4n) is 2.28. The molecule has 4 heteroatoms. The van der Waals surface area contributed by atoms with E-state index in [1.807, 2.05) is 64.1 Å². The molecule has 1 amide bonds. The van der Waals surface area contributed by atoms with Gasteiger partial charge in [0.05, 0.1) is 11.8 Å². The van der Waals surface area contributed by atoms with Gasteiger partial charge in [-0.05, 0) is 63.1 Å². The normalized spacial score (nSPS) is 10.5. The Morgan fingerprint density at radius 3 is 2.39 bits per heavy atom. The molecule has 0 saturated heterocycles. The lowest BCUT2D eigenvalue weighted by Gasteiger charge is -2.15. The number of nitrogens with one attached hydrogen (secondary N) is 1. The van der Waals surface area contributed by atoms with Crippen molar-refractivity contribution < 1.29 is 14.3 Å². The molecule has 0 fully saturated rings. The molecule has 0 spiro atoms. The Morgan fingerprint density at radius 2 is 1.74 bits per heavy atom. The largest absolute Gasteiger partial charge is 0.489 e. The maximum absolute atomic E-state index is 12.1. The molecule has 23 heavy (non-hydrogen) atoms. The van der Waals surface area contributed by atoms with Crippen molar-refractivity contribution >= 4 is 11.6 Å². The molecule has 122 valence electrons. The molecule has 2 aromatic carbocycles. The van der Waals surface area contributed by atoms with E-state index >= 15 is 0 Å². The highest BCUT2D eigenvalue weighted by molar-refractivity contribution is 5.93. The van der Waals surface area contributed by atoms with Gasteiger partial charge in [0.25, 0.3) is 5.91 Å². The van der Waals surface area contributed by atoms with E-state index in [0.717, 1.165) is 11.1 Å². The number of amides is 1. The van der Waals surface area contributed by atoms with Crippen LogP contribution in [0.15, 0.2) is 42.5 Å². The smallest absolute Gasteiger partial charge is 0.262 e. The van der Waals surface area contributed by atoms with Crippen molar-refractivity contribution in [2.75, 3.05) is 11.9 Å². The summed E-state index contributed by atoms with van der Waals surface area (Å²) in [7, 11) is 0. The fourth-order valence-corrected chi connectivity index (χ4v) is 2.28. The zero-order valence-electron chi connectivity index (χ0n) is 14.1. The zero-order valence-corrected chi connectivity index (χ0v) is 14.1. The van der Waals surface area contributed by atoms with E-state index in [2.05, 4.69) is 11.4 Å². The van der Waals surface area contributed by atoms with Crippen LogP contribution in [0, 0.1) is 13.8 Å². The number of anilines is 1. The van der Waals surface area contributed by atoms with Crippen molar-refractivity contribution in [3.63, 3.8) is 0 Å². The van der Waals surface area contributed by atoms with Gasteiger partial charge in [0, 0.05) is 0 Å². The summed E-state index contributed by atoms with van der Waals surface area (Å²) < 4.78 is 11.3. The third-order valence-corrected chi connectivity index (χ3v) is 3.09. The average molecular weight is 313 g/mol. The highest BCUT2D eigenvalue weighted by atomic mass is 16.5. The topological polar surface area (TPSA) is 47.6 Å². The first kappa shape index (κ1) is 16.9. The van der Waals surface area contributed by atoms with E-state index < -0.39 is 0 Å². The van der Waals surface area contributed by atoms with Crippen molar-refractivity contribution in [3.8, 4) is 11.5 Å². The summed E-state index contributed by atoms with van der Waals surface area (Å²) in [6.45, 7) is 7.85. The number of hydrogen-bond donors (Lipinski definition) is 1. The molecule has 2 rings (SSSR count). The number of benzene rings is 2. The van der Waals surface area contributed by atoms with Crippen LogP contribution in [0.1, 0.15) is 25.0 Å². The summed E-state index contributed by atoms with van der Waals surface area (Å²) in [5.74, 6) is 1.13. The summed E-state index contributed by atoms with van der Waals surface area (Å²) in [5, 5.41) is 2.83. The number of carbonyl (C=O) groups excluding carboxylic acids is 1. The van der Waals surface area contributed by atoms with E-state index in [1.54, 1.807) is 0 Å². The number of hydrogen-bond acceptors (Lipinski definition) is 3. The van der Waals surface area contributed by atoms with E-state index in [9.17, 15) is 4.79 Å². The minimum atomic E-state index is -0.219. The maximum Gasteiger partial charge on any atom is 0.262 e. The van der Waals surface area contributed by atoms with Gasteiger partial charge < -0.3 is 14.8 Å². The minimum absolute atomic E-state index is 0.0413. The standard InChI is InChI=1S/C19H23NO3/c1-13(2)23-18-8-6-5-7-17(18)20-19(21)12-22-16-10-14(3)9-15(4)11-16/h5-11,13H,12H2,1-4H3,(H,20,21). The molecule has 1 N–H and O–H groups in total. The Hall–Kier alpha value is -2.49. The van der Waals surface area contributed by atoms with E-state index in [0.29, 0.717) is 17.2 Å². The summed E-state index contributed by atoms with van der Waals surface area (Å²) in [4.78, 5) is 12.1. The van der Waals surface area contributed by atoms with Gasteiger partial charge in [-0.1, -0.05) is 18.2 Å². The zero-order chi connectivity index (χ0) is 16.8. The molecular formula is C19H23NO3. The molecule has 0 bridgehead atoms. The predicted molar refractivity (Wildman–Crippen MR) is 92.2 cm³/mol. The van der Waals surface area contributed by atoms with Gasteiger partial charge >= 0.3 is 0 Å². The first-order valence-electron chi connectivity index (χ1n) is 7.70. The fraction of sp³-hybridized carbons (Fsp3) is 0.316. The lowest BCUT2D eigenvalue weighted by atomic mass is 10.1. The first-order chi connectivity index (χ1) is 10.9. The van der Waals surface area contributed by atoms with Crippen molar-refractivity contribution in [3.05, 3.63) is 53.6 Å². The van der Waals surface area contributed by atoms with Crippen LogP contribution < -0.4 is 14.8 Å². The molecule has 0 aliphatic carbocycles. The molecule has 0 aromatic heterocycles. The van der Waals surface area contributed by atoms with Crippen LogP contribution in [0.5, 0.6) is 11.5 Å². The van der Waals surface area contributed by atoms with Crippen LogP contribution in [0.2, 0.25) is 0 Å². The first-order valence-corrected chi connectivity index (χ1v) is 7.70. The summed E-state index contributed by atoms with van der Waals surface area (Å²) in [6, 6.07) is 13.3. The summed E-state index contributed by atoms with van der Waals surface area (Å²) >= 11 is 0. The Morgan fingerprint density at radius 1 is 1.09 bits per heavy atom. The third-order valence-electron chi connectivity index (χ3n) is 3.09. The highest BCUT2D eigenvalue weighted by Gasteiger charge is 2.09. The van der Waals surface area contributed by atoms with Gasteiger partial charge in [-0.25, -0.2) is 0 Å². The van der Waals surface area contributed by atoms with Crippen LogP contribution in [-0.2, 0) is 4.79 Å². The molecular weight excluding hydrogens is 290 g/mol. The number of para-hydroxylation sites is 2. The molecule has 0 radical (unpaired) electrons. The molecule has 0 atom stereocenters. The molecule has 0 aliphatic rings. The van der Waals surface area contributed by atoms with Crippen LogP contribution >= 0.6 is 0 Å². The van der Waals surface area contributed by atoms with E-state index in [-0.39, 0.29) is 18.6 Å². The molecule has 0 saturated carbocycles. The maximum atomic E-state index is 12.1. The third kappa shape index (κ3) is 5.33. The second-order valence-electron chi connectivity index (χ2n) is 5.82. The monoisotopic (exact) mass is 313 g/mol. The van der Waals surface area contributed by atoms with Crippen molar-refractivity contribution in [1.82, 2.24) is 0 Å². The summed E-state index contributed by atoms with van der Waals surface area (Å²) in [6.07, 6.45) is 0.0413. The van der Waals surface area contributed by atoms with Gasteiger partial charge in [-0.3, -0.25) is 4.79 Å². The molecule has 0 unspecified atom stereocenters. The number of aryl methyl sites for hydroxylation is 2. The van der Waals surface area contributed by atoms with Crippen molar-refractivity contribution in [2.24, 2.45) is 0 Å². The lowest BCUT2D eigenvalue weighted by molar-refractivity contribution is -0.118. The van der Waals surface area contributed by atoms with Crippen molar-refractivity contribution in [2.45, 2.75) is 33.8 Å². The quantitative estimate of drug-likeness (QED) is 0.873. The Balaban J connectivity index is 1.97. The number of carbonyl (C=O) groups is 1. The van der Waals surface area contributed by atoms with Crippen LogP contribution in [0.3, 0.4) is 0 Å². The average Bonchev–Trinajstić information content (AvgIpc) is 2.46. The lowest BCUT2D eigenvalue weighted by Crippen LogP contribution is -2.21. The van der Waals surface area contributed by atoms with E-state index in [1.165, 1.54) is 0 Å². The minimum Gasteiger partial charge on any atom is -0.489 e. The Kier molecular flexibility index (Phi) is 5.63. The molecule has 0 aliphatic heterocycles. The summed E-state index contributed by atoms with van der Waals surface area (Å²) in [5.41, 5.74) is 2.86. The van der Waals surface area contributed by atoms with E-state index in [4.69, 9.17) is 9.47 Å². The predicted octanol–water partition coefficient (Wildman–Crippen LogP) is 4.11. The van der Waals surface area contributed by atoms with Gasteiger partial charge in [0.1, 0.15) is 11.5 Å². The van der Waals surface area contributed by atoms with Gasteiger partial charge in [-0.2, -0.15) is 0 Å². The number of rotatable bonds is 6. The Bertz CT molecular complexity index is 660. The SMILES string of the molecule is Cc1cc(C)cc(OCC(=O)Nc2ccccc2OC(C)C)c1. The number of ether oxygens (including phenoxy) is 2. The van der Waals surface area contributed by atoms with Crippen LogP contribution in [-0.4, -0.2) is 18.6 Å². The van der Waals surface area contributed by atoms with Gasteiger partial charge in [-0.15, -0.1) is 0 Å². The van der Waals surface area contributed by atoms with Gasteiger partial charge in [0.2, 0.25) is 0 Å². The van der Waals surface area contributed by atoms with Crippen molar-refractivity contribution in [1.29, 1.82) is 0 Å². The van der Waals surface area contributed by atoms with Crippen LogP contribution in [0.25, 0.3) is 0 Å². The second kappa shape index (κ2) is 7.68. The molecule has 4 nitrogen and oxygen atoms in total. The molecule has 2 aromatic rings. The van der Waals surface area contributed by atoms with Gasteiger partial charge in [0.15, 0.2) is 6.61 Å². The molecule has 0 heterocycles. The highest BCUT2D eigenvalue weighted by Crippen LogP contribution is 2.24. The second-order valence-corrected chi connectivity index (χ2v) is 5.82.